The lowest BCUT2D eigenvalue weighted by molar-refractivity contribution is -0.0369. The van der Waals surface area contributed by atoms with Crippen molar-refractivity contribution in [1.29, 1.82) is 0 Å². The van der Waals surface area contributed by atoms with Gasteiger partial charge in [-0.25, -0.2) is 0 Å². The minimum Gasteiger partial charge on any atom is -0.396 e. The van der Waals surface area contributed by atoms with Crippen molar-refractivity contribution in [2.75, 3.05) is 26.3 Å². The van der Waals surface area contributed by atoms with Gasteiger partial charge in [0.05, 0.1) is 12.1 Å². The van der Waals surface area contributed by atoms with Gasteiger partial charge in [-0.2, -0.15) is 0 Å². The minimum atomic E-state index is -0.222. The predicted molar refractivity (Wildman–Crippen MR) is 67.2 cm³/mol. The first-order chi connectivity index (χ1) is 7.52. The van der Waals surface area contributed by atoms with Crippen molar-refractivity contribution in [3.63, 3.8) is 0 Å². The third-order valence-corrected chi connectivity index (χ3v) is 2.54. The first-order valence-electron chi connectivity index (χ1n) is 5.91. The first-order valence-corrected chi connectivity index (χ1v) is 5.91. The normalized spacial score (nSPS) is 13.4. The second kappa shape index (κ2) is 8.58. The van der Waals surface area contributed by atoms with Gasteiger partial charge in [0.2, 0.25) is 0 Å². The van der Waals surface area contributed by atoms with Gasteiger partial charge in [0.1, 0.15) is 0 Å². The van der Waals surface area contributed by atoms with Crippen LogP contribution in [0.2, 0.25) is 0 Å². The zero-order valence-corrected chi connectivity index (χ0v) is 10.8. The van der Waals surface area contributed by atoms with E-state index in [1.807, 2.05) is 13.8 Å². The highest BCUT2D eigenvalue weighted by Gasteiger charge is 2.17. The van der Waals surface area contributed by atoms with Gasteiger partial charge in [0, 0.05) is 13.2 Å². The van der Waals surface area contributed by atoms with Gasteiger partial charge >= 0.3 is 0 Å². The molecule has 0 saturated heterocycles. The fraction of sp³-hybridized carbons (Fsp3) is 0.846. The van der Waals surface area contributed by atoms with Crippen LogP contribution in [-0.2, 0) is 4.74 Å². The Bertz CT molecular complexity index is 208. The molecule has 0 spiro atoms. The van der Waals surface area contributed by atoms with E-state index in [1.54, 1.807) is 0 Å². The van der Waals surface area contributed by atoms with Gasteiger partial charge in [-0.1, -0.05) is 12.8 Å². The zero-order chi connectivity index (χ0) is 12.4. The molecule has 0 aliphatic rings. The maximum Gasteiger partial charge on any atom is 0.0648 e. The van der Waals surface area contributed by atoms with Gasteiger partial charge in [-0.3, -0.25) is 0 Å². The SMILES string of the molecule is C#CCNCC(C)CCOC(C)(C)CCO. The lowest BCUT2D eigenvalue weighted by atomic mass is 10.1. The molecule has 1 unspecified atom stereocenters. The summed E-state index contributed by atoms with van der Waals surface area (Å²) < 4.78 is 5.72. The first kappa shape index (κ1) is 15.4. The zero-order valence-electron chi connectivity index (χ0n) is 10.8. The highest BCUT2D eigenvalue weighted by Crippen LogP contribution is 2.15. The summed E-state index contributed by atoms with van der Waals surface area (Å²) in [7, 11) is 0. The van der Waals surface area contributed by atoms with Crippen LogP contribution in [0.25, 0.3) is 0 Å². The van der Waals surface area contributed by atoms with Gasteiger partial charge in [0.25, 0.3) is 0 Å². The van der Waals surface area contributed by atoms with Crippen molar-refractivity contribution >= 4 is 0 Å². The summed E-state index contributed by atoms with van der Waals surface area (Å²) in [6, 6.07) is 0. The Morgan fingerprint density at radius 1 is 1.50 bits per heavy atom. The number of ether oxygens (including phenoxy) is 1. The van der Waals surface area contributed by atoms with Gasteiger partial charge in [-0.15, -0.1) is 6.42 Å². The van der Waals surface area contributed by atoms with E-state index in [1.165, 1.54) is 0 Å². The number of rotatable bonds is 9. The third kappa shape index (κ3) is 8.72. The lowest BCUT2D eigenvalue weighted by Crippen LogP contribution is -2.28. The molecule has 0 aromatic heterocycles. The maximum absolute atomic E-state index is 8.84. The number of hydrogen-bond acceptors (Lipinski definition) is 3. The van der Waals surface area contributed by atoms with E-state index in [0.717, 1.165) is 19.6 Å². The molecule has 0 amide bonds. The molecule has 0 aromatic carbocycles. The fourth-order valence-corrected chi connectivity index (χ4v) is 1.37. The molecule has 0 radical (unpaired) electrons. The molecule has 94 valence electrons. The van der Waals surface area contributed by atoms with Crippen molar-refractivity contribution in [2.45, 2.75) is 39.2 Å². The molecule has 0 aliphatic carbocycles. The average molecular weight is 227 g/mol. The van der Waals surface area contributed by atoms with Crippen LogP contribution in [0.3, 0.4) is 0 Å². The summed E-state index contributed by atoms with van der Waals surface area (Å²) in [5, 5.41) is 12.0. The van der Waals surface area contributed by atoms with Crippen molar-refractivity contribution in [3.05, 3.63) is 0 Å². The smallest absolute Gasteiger partial charge is 0.0648 e. The van der Waals surface area contributed by atoms with Crippen LogP contribution in [-0.4, -0.2) is 37.0 Å². The maximum atomic E-state index is 8.84. The fourth-order valence-electron chi connectivity index (χ4n) is 1.37. The summed E-state index contributed by atoms with van der Waals surface area (Å²) in [5.41, 5.74) is -0.222. The van der Waals surface area contributed by atoms with Crippen LogP contribution in [0.4, 0.5) is 0 Å². The van der Waals surface area contributed by atoms with E-state index >= 15 is 0 Å². The molecule has 3 nitrogen and oxygen atoms in total. The molecule has 1 atom stereocenters. The third-order valence-electron chi connectivity index (χ3n) is 2.54. The van der Waals surface area contributed by atoms with Gasteiger partial charge < -0.3 is 15.2 Å². The van der Waals surface area contributed by atoms with Crippen LogP contribution >= 0.6 is 0 Å². The summed E-state index contributed by atoms with van der Waals surface area (Å²) in [4.78, 5) is 0. The molecule has 0 aliphatic heterocycles. The van der Waals surface area contributed by atoms with Gasteiger partial charge in [-0.05, 0) is 39.2 Å². The van der Waals surface area contributed by atoms with E-state index in [0.29, 0.717) is 18.9 Å². The number of aliphatic hydroxyl groups is 1. The highest BCUT2D eigenvalue weighted by atomic mass is 16.5. The minimum absolute atomic E-state index is 0.173. The molecule has 16 heavy (non-hydrogen) atoms. The average Bonchev–Trinajstić information content (AvgIpc) is 2.17. The summed E-state index contributed by atoms with van der Waals surface area (Å²) in [5.74, 6) is 3.10. The molecule has 0 aromatic rings. The summed E-state index contributed by atoms with van der Waals surface area (Å²) in [6.07, 6.45) is 6.83. The van der Waals surface area contributed by atoms with Crippen LogP contribution in [0.15, 0.2) is 0 Å². The second-order valence-corrected chi connectivity index (χ2v) is 4.81. The van der Waals surface area contributed by atoms with Crippen molar-refractivity contribution < 1.29 is 9.84 Å². The van der Waals surface area contributed by atoms with Crippen molar-refractivity contribution in [1.82, 2.24) is 5.32 Å². The Labute approximate surface area is 99.6 Å². The number of nitrogens with one attached hydrogen (secondary N) is 1. The Hall–Kier alpha value is -0.560. The van der Waals surface area contributed by atoms with E-state index in [4.69, 9.17) is 16.3 Å². The van der Waals surface area contributed by atoms with E-state index in [2.05, 4.69) is 18.2 Å². The number of hydrogen-bond donors (Lipinski definition) is 2. The van der Waals surface area contributed by atoms with Crippen LogP contribution in [0.1, 0.15) is 33.6 Å². The molecule has 3 heteroatoms. The van der Waals surface area contributed by atoms with E-state index in [-0.39, 0.29) is 12.2 Å². The molecule has 0 rings (SSSR count). The molecule has 0 saturated carbocycles. The summed E-state index contributed by atoms with van der Waals surface area (Å²) >= 11 is 0. The molecular weight excluding hydrogens is 202 g/mol. The highest BCUT2D eigenvalue weighted by molar-refractivity contribution is 4.86. The molecule has 0 fully saturated rings. The van der Waals surface area contributed by atoms with Crippen molar-refractivity contribution in [3.8, 4) is 12.3 Å². The molecular formula is C13H25NO2. The molecule has 0 bridgehead atoms. The predicted octanol–water partition coefficient (Wildman–Crippen LogP) is 1.41. The Kier molecular flexibility index (Phi) is 8.28. The summed E-state index contributed by atoms with van der Waals surface area (Å²) in [6.45, 7) is 8.63. The number of aliphatic hydroxyl groups excluding tert-OH is 1. The van der Waals surface area contributed by atoms with E-state index in [9.17, 15) is 0 Å². The van der Waals surface area contributed by atoms with Crippen LogP contribution in [0.5, 0.6) is 0 Å². The monoisotopic (exact) mass is 227 g/mol. The van der Waals surface area contributed by atoms with Crippen LogP contribution < -0.4 is 5.32 Å². The largest absolute Gasteiger partial charge is 0.396 e. The van der Waals surface area contributed by atoms with Crippen LogP contribution in [0, 0.1) is 18.3 Å². The van der Waals surface area contributed by atoms with Crippen molar-refractivity contribution in [2.24, 2.45) is 5.92 Å². The Balaban J connectivity index is 3.53. The standard InChI is InChI=1S/C13H25NO2/c1-5-8-14-11-12(2)6-10-16-13(3,4)7-9-15/h1,12,14-15H,6-11H2,2-4H3. The number of terminal acetylenes is 1. The Morgan fingerprint density at radius 3 is 2.75 bits per heavy atom. The lowest BCUT2D eigenvalue weighted by Gasteiger charge is -2.25. The molecule has 2 N–H and O–H groups in total. The second-order valence-electron chi connectivity index (χ2n) is 4.81. The quantitative estimate of drug-likeness (QED) is 0.462. The van der Waals surface area contributed by atoms with Gasteiger partial charge in [0.15, 0.2) is 0 Å². The topological polar surface area (TPSA) is 41.5 Å². The van der Waals surface area contributed by atoms with E-state index < -0.39 is 0 Å². The Morgan fingerprint density at radius 2 is 2.19 bits per heavy atom. The molecule has 0 heterocycles.